The Morgan fingerprint density at radius 3 is 2.33 bits per heavy atom. The van der Waals surface area contributed by atoms with Crippen LogP contribution in [0.3, 0.4) is 0 Å². The van der Waals surface area contributed by atoms with E-state index in [1.165, 1.54) is 16.4 Å². The van der Waals surface area contributed by atoms with E-state index in [1.807, 2.05) is 49.3 Å². The standard InChI is InChI=1S/C17H20BrFN2O2S/c1-20(2)10-11-21(13-14-6-4-3-5-7-14)24(22,23)17-12-15(18)8-9-16(17)19/h3-9,12H,10-11,13H2,1-2H3. The molecule has 24 heavy (non-hydrogen) atoms. The summed E-state index contributed by atoms with van der Waals surface area (Å²) in [6.07, 6.45) is 0. The van der Waals surface area contributed by atoms with Gasteiger partial charge in [0.15, 0.2) is 0 Å². The van der Waals surface area contributed by atoms with Gasteiger partial charge in [-0.2, -0.15) is 4.31 Å². The van der Waals surface area contributed by atoms with Crippen molar-refractivity contribution in [3.05, 3.63) is 64.4 Å². The molecular weight excluding hydrogens is 395 g/mol. The maximum absolute atomic E-state index is 14.1. The molecule has 0 radical (unpaired) electrons. The third kappa shape index (κ3) is 4.86. The molecule has 0 aromatic heterocycles. The van der Waals surface area contributed by atoms with Gasteiger partial charge in [-0.1, -0.05) is 46.3 Å². The van der Waals surface area contributed by atoms with E-state index in [9.17, 15) is 12.8 Å². The fourth-order valence-electron chi connectivity index (χ4n) is 2.20. The van der Waals surface area contributed by atoms with Crippen LogP contribution in [0.2, 0.25) is 0 Å². The first kappa shape index (κ1) is 19.1. The van der Waals surface area contributed by atoms with Gasteiger partial charge in [-0.25, -0.2) is 12.8 Å². The number of halogens is 2. The van der Waals surface area contributed by atoms with E-state index in [0.717, 1.165) is 11.6 Å². The van der Waals surface area contributed by atoms with Crippen molar-refractivity contribution in [3.8, 4) is 0 Å². The molecule has 0 spiro atoms. The van der Waals surface area contributed by atoms with Gasteiger partial charge >= 0.3 is 0 Å². The molecule has 2 aromatic carbocycles. The highest BCUT2D eigenvalue weighted by atomic mass is 79.9. The third-order valence-corrected chi connectivity index (χ3v) is 5.86. The van der Waals surface area contributed by atoms with Crippen molar-refractivity contribution >= 4 is 26.0 Å². The molecule has 0 unspecified atom stereocenters. The molecule has 130 valence electrons. The average Bonchev–Trinajstić information content (AvgIpc) is 2.54. The van der Waals surface area contributed by atoms with Gasteiger partial charge in [-0.15, -0.1) is 0 Å². The second kappa shape index (κ2) is 8.20. The van der Waals surface area contributed by atoms with E-state index >= 15 is 0 Å². The molecule has 0 heterocycles. The first-order valence-corrected chi connectivity index (χ1v) is 9.68. The lowest BCUT2D eigenvalue weighted by Crippen LogP contribution is -2.36. The predicted octanol–water partition coefficient (Wildman–Crippen LogP) is 3.34. The fourth-order valence-corrected chi connectivity index (χ4v) is 4.22. The molecule has 0 saturated heterocycles. The Hall–Kier alpha value is -1.28. The summed E-state index contributed by atoms with van der Waals surface area (Å²) in [5, 5.41) is 0. The van der Waals surface area contributed by atoms with Crippen LogP contribution in [0.1, 0.15) is 5.56 Å². The Morgan fingerprint density at radius 1 is 1.04 bits per heavy atom. The van der Waals surface area contributed by atoms with E-state index in [1.54, 1.807) is 0 Å². The maximum atomic E-state index is 14.1. The Labute approximate surface area is 151 Å². The Kier molecular flexibility index (Phi) is 6.51. The molecule has 0 saturated carbocycles. The third-order valence-electron chi connectivity index (χ3n) is 3.51. The van der Waals surface area contributed by atoms with Gasteiger partial charge in [-0.3, -0.25) is 0 Å². The number of likely N-dealkylation sites (N-methyl/N-ethyl adjacent to an activating group) is 1. The lowest BCUT2D eigenvalue weighted by atomic mass is 10.2. The number of sulfonamides is 1. The lowest BCUT2D eigenvalue weighted by molar-refractivity contribution is 0.328. The molecular formula is C17H20BrFN2O2S. The average molecular weight is 415 g/mol. The molecule has 0 aliphatic carbocycles. The molecule has 0 N–H and O–H groups in total. The summed E-state index contributed by atoms with van der Waals surface area (Å²) in [5.41, 5.74) is 0.857. The number of nitrogens with zero attached hydrogens (tertiary/aromatic N) is 2. The molecule has 0 bridgehead atoms. The Bertz CT molecular complexity index is 782. The van der Waals surface area contributed by atoms with Crippen LogP contribution < -0.4 is 0 Å². The minimum Gasteiger partial charge on any atom is -0.308 e. The molecule has 0 atom stereocenters. The Balaban J connectivity index is 2.38. The van der Waals surface area contributed by atoms with Crippen LogP contribution in [0.15, 0.2) is 57.9 Å². The van der Waals surface area contributed by atoms with Crippen molar-refractivity contribution in [2.75, 3.05) is 27.2 Å². The van der Waals surface area contributed by atoms with Crippen LogP contribution in [0.5, 0.6) is 0 Å². The van der Waals surface area contributed by atoms with Gasteiger partial charge in [0.1, 0.15) is 10.7 Å². The van der Waals surface area contributed by atoms with E-state index in [2.05, 4.69) is 15.9 Å². The summed E-state index contributed by atoms with van der Waals surface area (Å²) in [5.74, 6) is -0.749. The van der Waals surface area contributed by atoms with Gasteiger partial charge in [0.25, 0.3) is 0 Å². The summed E-state index contributed by atoms with van der Waals surface area (Å²) >= 11 is 3.21. The maximum Gasteiger partial charge on any atom is 0.246 e. The van der Waals surface area contributed by atoms with Gasteiger partial charge in [0.2, 0.25) is 10.0 Å². The summed E-state index contributed by atoms with van der Waals surface area (Å²) in [6, 6.07) is 13.2. The van der Waals surface area contributed by atoms with Gasteiger partial charge in [0.05, 0.1) is 0 Å². The van der Waals surface area contributed by atoms with E-state index in [4.69, 9.17) is 0 Å². The summed E-state index contributed by atoms with van der Waals surface area (Å²) in [7, 11) is -0.210. The van der Waals surface area contributed by atoms with Crippen molar-refractivity contribution in [3.63, 3.8) is 0 Å². The first-order valence-electron chi connectivity index (χ1n) is 7.44. The molecule has 0 fully saturated rings. The van der Waals surface area contributed by atoms with Crippen molar-refractivity contribution in [1.82, 2.24) is 9.21 Å². The first-order chi connectivity index (χ1) is 11.3. The van der Waals surface area contributed by atoms with Crippen LogP contribution in [0.25, 0.3) is 0 Å². The molecule has 7 heteroatoms. The van der Waals surface area contributed by atoms with E-state index in [0.29, 0.717) is 11.0 Å². The van der Waals surface area contributed by atoms with Crippen LogP contribution in [0.4, 0.5) is 4.39 Å². The molecule has 0 amide bonds. The number of hydrogen-bond donors (Lipinski definition) is 0. The van der Waals surface area contributed by atoms with Gasteiger partial charge in [-0.05, 0) is 37.9 Å². The molecule has 2 aromatic rings. The van der Waals surface area contributed by atoms with E-state index < -0.39 is 15.8 Å². The number of hydrogen-bond acceptors (Lipinski definition) is 3. The van der Waals surface area contributed by atoms with Gasteiger partial charge in [0, 0.05) is 24.1 Å². The molecule has 4 nitrogen and oxygen atoms in total. The van der Waals surface area contributed by atoms with Crippen LogP contribution in [0, 0.1) is 5.82 Å². The number of rotatable bonds is 7. The topological polar surface area (TPSA) is 40.6 Å². The Morgan fingerprint density at radius 2 is 1.71 bits per heavy atom. The van der Waals surface area contributed by atoms with Crippen LogP contribution in [-0.4, -0.2) is 44.8 Å². The zero-order valence-electron chi connectivity index (χ0n) is 13.6. The summed E-state index contributed by atoms with van der Waals surface area (Å²) < 4.78 is 41.9. The molecule has 0 aliphatic heterocycles. The predicted molar refractivity (Wildman–Crippen MR) is 96.7 cm³/mol. The largest absolute Gasteiger partial charge is 0.308 e. The second-order valence-electron chi connectivity index (χ2n) is 5.70. The minimum atomic E-state index is -3.95. The van der Waals surface area contributed by atoms with Gasteiger partial charge < -0.3 is 4.90 Å². The number of benzene rings is 2. The quantitative estimate of drug-likeness (QED) is 0.697. The lowest BCUT2D eigenvalue weighted by Gasteiger charge is -2.24. The summed E-state index contributed by atoms with van der Waals surface area (Å²) in [6.45, 7) is 1.01. The smallest absolute Gasteiger partial charge is 0.246 e. The van der Waals surface area contributed by atoms with Crippen LogP contribution in [-0.2, 0) is 16.6 Å². The minimum absolute atomic E-state index is 0.197. The zero-order valence-corrected chi connectivity index (χ0v) is 16.0. The highest BCUT2D eigenvalue weighted by Gasteiger charge is 2.27. The SMILES string of the molecule is CN(C)CCN(Cc1ccccc1)S(=O)(=O)c1cc(Br)ccc1F. The second-order valence-corrected chi connectivity index (χ2v) is 8.52. The molecule has 2 rings (SSSR count). The fraction of sp³-hybridized carbons (Fsp3) is 0.294. The highest BCUT2D eigenvalue weighted by Crippen LogP contribution is 2.24. The van der Waals surface area contributed by atoms with Crippen molar-refractivity contribution in [1.29, 1.82) is 0 Å². The van der Waals surface area contributed by atoms with E-state index in [-0.39, 0.29) is 18.0 Å². The van der Waals surface area contributed by atoms with Crippen molar-refractivity contribution in [2.24, 2.45) is 0 Å². The zero-order chi connectivity index (χ0) is 17.7. The van der Waals surface area contributed by atoms with Crippen LogP contribution >= 0.6 is 15.9 Å². The van der Waals surface area contributed by atoms with Crippen molar-refractivity contribution < 1.29 is 12.8 Å². The highest BCUT2D eigenvalue weighted by molar-refractivity contribution is 9.10. The van der Waals surface area contributed by atoms with Crippen molar-refractivity contribution in [2.45, 2.75) is 11.4 Å². The normalized spacial score (nSPS) is 12.1. The molecule has 0 aliphatic rings. The summed E-state index contributed by atoms with van der Waals surface area (Å²) in [4.78, 5) is 1.58. The monoisotopic (exact) mass is 414 g/mol.